The lowest BCUT2D eigenvalue weighted by Gasteiger charge is -2.50. The topological polar surface area (TPSA) is 191 Å². The van der Waals surface area contributed by atoms with Crippen LogP contribution in [0, 0.1) is 11.8 Å². The van der Waals surface area contributed by atoms with Gasteiger partial charge in [0.2, 0.25) is 5.78 Å². The van der Waals surface area contributed by atoms with Crippen molar-refractivity contribution in [1.82, 2.24) is 9.88 Å². The fourth-order valence-corrected chi connectivity index (χ4v) is 6.52. The van der Waals surface area contributed by atoms with E-state index in [1.54, 1.807) is 44.6 Å². The van der Waals surface area contributed by atoms with Crippen LogP contribution < -0.4 is 5.73 Å². The van der Waals surface area contributed by atoms with Gasteiger partial charge in [-0.2, -0.15) is 0 Å². The third-order valence-corrected chi connectivity index (χ3v) is 8.18. The van der Waals surface area contributed by atoms with Gasteiger partial charge in [-0.05, 0) is 63.5 Å². The molecule has 11 nitrogen and oxygen atoms in total. The summed E-state index contributed by atoms with van der Waals surface area (Å²) in [6.45, 7) is 1.35. The van der Waals surface area contributed by atoms with Gasteiger partial charge in [-0.3, -0.25) is 29.1 Å². The lowest BCUT2D eigenvalue weighted by Crippen LogP contribution is -2.65. The summed E-state index contributed by atoms with van der Waals surface area (Å²) in [6, 6.07) is 5.70. The van der Waals surface area contributed by atoms with Crippen LogP contribution in [-0.4, -0.2) is 79.3 Å². The average Bonchev–Trinajstić information content (AvgIpc) is 2.87. The van der Waals surface area contributed by atoms with Crippen molar-refractivity contribution in [2.45, 2.75) is 37.8 Å². The van der Waals surface area contributed by atoms with E-state index >= 15 is 0 Å². The number of benzene rings is 1. The SMILES string of the molecule is CC(=O)Cc1cc(-c2ccccn2)c2c(c1O)C(O)=C1C(=O)[C@]3(O)C(O)=C(C(N)=O)C(=O)[C@@H](N(C)C)[C@@H]3C[C@@H]1C2. The number of fused-ring (bicyclic) bond motifs is 3. The van der Waals surface area contributed by atoms with E-state index in [9.17, 15) is 39.6 Å². The minimum Gasteiger partial charge on any atom is -0.508 e. The molecule has 0 unspecified atom stereocenters. The predicted octanol–water partition coefficient (Wildman–Crippen LogP) is 1.16. The molecular weight excluding hydrogens is 518 g/mol. The standard InChI is InChI=1S/C29H29N3O8/c1-12(33)8-14-10-15(18-6-4-5-7-31-18)16-9-13-11-17-22(32(2)3)25(36)21(28(30)39)27(38)29(17,40)26(37)19(13)24(35)20(16)23(14)34/h4-7,10,13,17,22,34-35,38,40H,8-9,11H2,1-3H3,(H2,30,39)/t13-,17-,22-,29-/m0/s1. The number of pyridine rings is 1. The molecule has 1 heterocycles. The molecule has 2 aromatic rings. The van der Waals surface area contributed by atoms with Crippen LogP contribution in [0.4, 0.5) is 0 Å². The summed E-state index contributed by atoms with van der Waals surface area (Å²) in [5.41, 5.74) is 3.20. The van der Waals surface area contributed by atoms with E-state index in [-0.39, 0.29) is 41.7 Å². The summed E-state index contributed by atoms with van der Waals surface area (Å²) in [5.74, 6) is -7.49. The van der Waals surface area contributed by atoms with Gasteiger partial charge in [-0.1, -0.05) is 6.07 Å². The Labute approximate surface area is 229 Å². The second-order valence-corrected chi connectivity index (χ2v) is 10.8. The molecule has 0 aliphatic heterocycles. The molecule has 0 radical (unpaired) electrons. The molecule has 208 valence electrons. The van der Waals surface area contributed by atoms with Crippen LogP contribution in [0.15, 0.2) is 47.4 Å². The van der Waals surface area contributed by atoms with Gasteiger partial charge >= 0.3 is 0 Å². The van der Waals surface area contributed by atoms with Gasteiger partial charge < -0.3 is 26.2 Å². The number of nitrogens with zero attached hydrogens (tertiary/aromatic N) is 2. The number of carbonyl (C=O) groups excluding carboxylic acids is 4. The number of amides is 1. The van der Waals surface area contributed by atoms with Gasteiger partial charge in [-0.15, -0.1) is 0 Å². The number of likely N-dealkylation sites (N-methyl/N-ethyl adjacent to an activating group) is 1. The van der Waals surface area contributed by atoms with Crippen LogP contribution in [-0.2, 0) is 32.0 Å². The number of phenolic OH excluding ortho intramolecular Hbond substituents is 1. The Morgan fingerprint density at radius 1 is 1.18 bits per heavy atom. The maximum absolute atomic E-state index is 14.0. The Bertz CT molecular complexity index is 1560. The normalized spacial score (nSPS) is 26.0. The van der Waals surface area contributed by atoms with E-state index in [2.05, 4.69) is 4.98 Å². The van der Waals surface area contributed by atoms with Crippen molar-refractivity contribution in [2.24, 2.45) is 17.6 Å². The maximum Gasteiger partial charge on any atom is 0.255 e. The van der Waals surface area contributed by atoms with Crippen molar-refractivity contribution in [2.75, 3.05) is 14.1 Å². The highest BCUT2D eigenvalue weighted by Crippen LogP contribution is 2.54. The number of nitrogens with two attached hydrogens (primary N) is 1. The second kappa shape index (κ2) is 9.39. The molecule has 4 atom stereocenters. The zero-order valence-electron chi connectivity index (χ0n) is 22.1. The molecule has 0 spiro atoms. The van der Waals surface area contributed by atoms with Crippen LogP contribution >= 0.6 is 0 Å². The maximum atomic E-state index is 14.0. The molecule has 1 saturated carbocycles. The Morgan fingerprint density at radius 2 is 1.88 bits per heavy atom. The lowest BCUT2D eigenvalue weighted by molar-refractivity contribution is -0.153. The van der Waals surface area contributed by atoms with Crippen LogP contribution in [0.5, 0.6) is 5.75 Å². The molecule has 5 rings (SSSR count). The molecule has 3 aliphatic carbocycles. The largest absolute Gasteiger partial charge is 0.508 e. The number of ketones is 3. The Balaban J connectivity index is 1.79. The third kappa shape index (κ3) is 3.76. The molecule has 6 N–H and O–H groups in total. The Hall–Kier alpha value is -4.35. The minimum atomic E-state index is -2.72. The number of rotatable bonds is 5. The Morgan fingerprint density at radius 3 is 2.45 bits per heavy atom. The average molecular weight is 548 g/mol. The number of aliphatic hydroxyl groups excluding tert-OH is 2. The van der Waals surface area contributed by atoms with Crippen molar-refractivity contribution in [1.29, 1.82) is 0 Å². The van der Waals surface area contributed by atoms with E-state index in [0.717, 1.165) is 0 Å². The van der Waals surface area contributed by atoms with Crippen LogP contribution in [0.1, 0.15) is 30.0 Å². The van der Waals surface area contributed by atoms with Crippen molar-refractivity contribution in [3.63, 3.8) is 0 Å². The lowest BCUT2D eigenvalue weighted by atomic mass is 9.57. The zero-order chi connectivity index (χ0) is 29.3. The molecule has 1 amide bonds. The zero-order valence-corrected chi connectivity index (χ0v) is 22.1. The van der Waals surface area contributed by atoms with Gasteiger partial charge in [-0.25, -0.2) is 0 Å². The molecule has 40 heavy (non-hydrogen) atoms. The monoisotopic (exact) mass is 547 g/mol. The number of primary amides is 1. The van der Waals surface area contributed by atoms with Crippen LogP contribution in [0.25, 0.3) is 17.0 Å². The first-order valence-electron chi connectivity index (χ1n) is 12.7. The van der Waals surface area contributed by atoms with E-state index in [4.69, 9.17) is 5.73 Å². The summed E-state index contributed by atoms with van der Waals surface area (Å²) in [6.07, 6.45) is 1.52. The van der Waals surface area contributed by atoms with Crippen LogP contribution in [0.3, 0.4) is 0 Å². The van der Waals surface area contributed by atoms with Crippen molar-refractivity contribution >= 4 is 29.0 Å². The van der Waals surface area contributed by atoms with Gasteiger partial charge in [0.25, 0.3) is 5.91 Å². The molecule has 11 heteroatoms. The van der Waals surface area contributed by atoms with Crippen molar-refractivity contribution in [3.05, 3.63) is 64.1 Å². The number of Topliss-reactive ketones (excluding diaryl/α,β-unsaturated/α-hetero) is 3. The highest BCUT2D eigenvalue weighted by Gasteiger charge is 2.64. The van der Waals surface area contributed by atoms with E-state index < -0.39 is 63.8 Å². The first-order chi connectivity index (χ1) is 18.8. The fourth-order valence-electron chi connectivity index (χ4n) is 6.52. The summed E-state index contributed by atoms with van der Waals surface area (Å²) in [4.78, 5) is 57.2. The number of hydrogen-bond acceptors (Lipinski definition) is 10. The molecule has 0 saturated heterocycles. The fraction of sp³-hybridized carbons (Fsp3) is 0.345. The van der Waals surface area contributed by atoms with Crippen molar-refractivity contribution < 1.29 is 39.6 Å². The molecule has 1 fully saturated rings. The van der Waals surface area contributed by atoms with Gasteiger partial charge in [0, 0.05) is 35.2 Å². The number of hydrogen-bond donors (Lipinski definition) is 5. The van der Waals surface area contributed by atoms with E-state index in [1.807, 2.05) is 0 Å². The second-order valence-electron chi connectivity index (χ2n) is 10.8. The molecule has 1 aromatic carbocycles. The highest BCUT2D eigenvalue weighted by molar-refractivity contribution is 6.24. The summed E-state index contributed by atoms with van der Waals surface area (Å²) < 4.78 is 0. The quantitative estimate of drug-likeness (QED) is 0.339. The van der Waals surface area contributed by atoms with Crippen LogP contribution in [0.2, 0.25) is 0 Å². The first kappa shape index (κ1) is 27.2. The number of aromatic nitrogens is 1. The molecule has 3 aliphatic rings. The highest BCUT2D eigenvalue weighted by atomic mass is 16.3. The minimum absolute atomic E-state index is 0.0244. The first-order valence-corrected chi connectivity index (χ1v) is 12.7. The van der Waals surface area contributed by atoms with E-state index in [0.29, 0.717) is 16.8 Å². The molecular formula is C29H29N3O8. The summed E-state index contributed by atoms with van der Waals surface area (Å²) in [5, 5.41) is 45.5. The predicted molar refractivity (Wildman–Crippen MR) is 142 cm³/mol. The number of carbonyl (C=O) groups is 4. The molecule has 1 aromatic heterocycles. The third-order valence-electron chi connectivity index (χ3n) is 8.18. The molecule has 0 bridgehead atoms. The smallest absolute Gasteiger partial charge is 0.255 e. The number of phenols is 1. The van der Waals surface area contributed by atoms with Gasteiger partial charge in [0.15, 0.2) is 11.4 Å². The van der Waals surface area contributed by atoms with Crippen molar-refractivity contribution in [3.8, 4) is 17.0 Å². The number of aromatic hydroxyl groups is 1. The summed E-state index contributed by atoms with van der Waals surface area (Å²) in [7, 11) is 3.09. The summed E-state index contributed by atoms with van der Waals surface area (Å²) >= 11 is 0. The van der Waals surface area contributed by atoms with Gasteiger partial charge in [0.05, 0.1) is 17.3 Å². The van der Waals surface area contributed by atoms with E-state index in [1.165, 1.54) is 11.8 Å². The van der Waals surface area contributed by atoms with Gasteiger partial charge in [0.1, 0.15) is 28.6 Å². The Kier molecular flexibility index (Phi) is 6.39. The number of aliphatic hydroxyl groups is 3.